The zero-order chi connectivity index (χ0) is 25.6. The highest BCUT2D eigenvalue weighted by atomic mass is 32.2. The summed E-state index contributed by atoms with van der Waals surface area (Å²) in [5, 5.41) is 5.45. The lowest BCUT2D eigenvalue weighted by atomic mass is 10.1. The first kappa shape index (κ1) is 26.2. The Labute approximate surface area is 205 Å². The van der Waals surface area contributed by atoms with Crippen LogP contribution in [0, 0.1) is 0 Å². The highest BCUT2D eigenvalue weighted by Crippen LogP contribution is 2.20. The molecule has 0 bridgehead atoms. The van der Waals surface area contributed by atoms with Gasteiger partial charge in [0.25, 0.3) is 11.8 Å². The molecule has 0 saturated carbocycles. The fourth-order valence-corrected chi connectivity index (χ4v) is 4.50. The lowest BCUT2D eigenvalue weighted by molar-refractivity contribution is -0.114. The number of carbonyl (C=O) groups excluding carboxylic acids is 3. The SMILES string of the molecule is CN(C)C(=O)c1ccc(N(CC(=O)Nc2ccccc2C(=O)NCC2CCCO2)S(C)(=O)=O)cc1. The third-order valence-corrected chi connectivity index (χ3v) is 6.60. The molecule has 2 aromatic carbocycles. The van der Waals surface area contributed by atoms with Crippen molar-refractivity contribution in [2.24, 2.45) is 0 Å². The fourth-order valence-electron chi connectivity index (χ4n) is 3.65. The van der Waals surface area contributed by atoms with Gasteiger partial charge in [0.2, 0.25) is 15.9 Å². The van der Waals surface area contributed by atoms with E-state index in [-0.39, 0.29) is 34.9 Å². The van der Waals surface area contributed by atoms with E-state index in [0.717, 1.165) is 23.4 Å². The van der Waals surface area contributed by atoms with Crippen molar-refractivity contribution < 1.29 is 27.5 Å². The number of rotatable bonds is 9. The quantitative estimate of drug-likeness (QED) is 0.538. The van der Waals surface area contributed by atoms with E-state index in [1.807, 2.05) is 0 Å². The average Bonchev–Trinajstić information content (AvgIpc) is 3.34. The summed E-state index contributed by atoms with van der Waals surface area (Å²) in [7, 11) is -0.585. The molecule has 1 unspecified atom stereocenters. The number of nitrogens with one attached hydrogen (secondary N) is 2. The van der Waals surface area contributed by atoms with Gasteiger partial charge in [0.1, 0.15) is 6.54 Å². The molecular formula is C24H30N4O6S. The number of benzene rings is 2. The van der Waals surface area contributed by atoms with Crippen LogP contribution in [0.4, 0.5) is 11.4 Å². The average molecular weight is 503 g/mol. The zero-order valence-electron chi connectivity index (χ0n) is 20.0. The van der Waals surface area contributed by atoms with E-state index in [0.29, 0.717) is 18.7 Å². The summed E-state index contributed by atoms with van der Waals surface area (Å²) in [5.41, 5.74) is 1.15. The lowest BCUT2D eigenvalue weighted by Gasteiger charge is -2.22. The number of anilines is 2. The second-order valence-electron chi connectivity index (χ2n) is 8.45. The second kappa shape index (κ2) is 11.3. The Hall–Kier alpha value is -3.44. The van der Waals surface area contributed by atoms with Crippen LogP contribution in [0.25, 0.3) is 0 Å². The molecule has 0 aromatic heterocycles. The number of nitrogens with zero attached hydrogens (tertiary/aromatic N) is 2. The first-order valence-electron chi connectivity index (χ1n) is 11.1. The molecule has 0 spiro atoms. The van der Waals surface area contributed by atoms with Crippen molar-refractivity contribution in [3.8, 4) is 0 Å². The number of hydrogen-bond donors (Lipinski definition) is 2. The maximum atomic E-state index is 12.8. The monoisotopic (exact) mass is 502 g/mol. The van der Waals surface area contributed by atoms with E-state index in [2.05, 4.69) is 10.6 Å². The van der Waals surface area contributed by atoms with Crippen LogP contribution in [0.15, 0.2) is 48.5 Å². The molecule has 11 heteroatoms. The molecule has 2 N–H and O–H groups in total. The molecule has 1 aliphatic heterocycles. The van der Waals surface area contributed by atoms with Crippen molar-refractivity contribution in [2.75, 3.05) is 49.7 Å². The Morgan fingerprint density at radius 2 is 1.74 bits per heavy atom. The standard InChI is InChI=1S/C24H30N4O6S/c1-27(2)24(31)17-10-12-18(13-11-17)28(35(3,32)33)16-22(29)26-21-9-5-4-8-20(21)23(30)25-15-19-7-6-14-34-19/h4-5,8-13,19H,6-7,14-16H2,1-3H3,(H,25,30)(H,26,29). The van der Waals surface area contributed by atoms with Gasteiger partial charge in [0.05, 0.1) is 29.3 Å². The predicted molar refractivity (Wildman–Crippen MR) is 133 cm³/mol. The van der Waals surface area contributed by atoms with Crippen LogP contribution in [0.1, 0.15) is 33.6 Å². The van der Waals surface area contributed by atoms with Crippen molar-refractivity contribution >= 4 is 39.1 Å². The number of para-hydroxylation sites is 1. The smallest absolute Gasteiger partial charge is 0.253 e. The maximum absolute atomic E-state index is 12.8. The van der Waals surface area contributed by atoms with E-state index in [1.165, 1.54) is 29.2 Å². The number of amides is 3. The largest absolute Gasteiger partial charge is 0.376 e. The Bertz CT molecular complexity index is 1170. The Morgan fingerprint density at radius 1 is 1.06 bits per heavy atom. The third kappa shape index (κ3) is 7.03. The van der Waals surface area contributed by atoms with Crippen molar-refractivity contribution in [1.29, 1.82) is 0 Å². The van der Waals surface area contributed by atoms with Gasteiger partial charge in [-0.3, -0.25) is 18.7 Å². The van der Waals surface area contributed by atoms with Crippen LogP contribution < -0.4 is 14.9 Å². The molecule has 1 atom stereocenters. The summed E-state index contributed by atoms with van der Waals surface area (Å²) in [4.78, 5) is 39.0. The minimum atomic E-state index is -3.82. The number of ether oxygens (including phenoxy) is 1. The number of hydrogen-bond acceptors (Lipinski definition) is 6. The summed E-state index contributed by atoms with van der Waals surface area (Å²) in [5.74, 6) is -1.21. The Kier molecular flexibility index (Phi) is 8.47. The van der Waals surface area contributed by atoms with Gasteiger partial charge in [-0.1, -0.05) is 12.1 Å². The van der Waals surface area contributed by atoms with Crippen molar-refractivity contribution in [3.63, 3.8) is 0 Å². The topological polar surface area (TPSA) is 125 Å². The number of sulfonamides is 1. The molecule has 1 heterocycles. The normalized spacial score (nSPS) is 15.3. The molecule has 3 amide bonds. The fraction of sp³-hybridized carbons (Fsp3) is 0.375. The van der Waals surface area contributed by atoms with E-state index in [9.17, 15) is 22.8 Å². The maximum Gasteiger partial charge on any atom is 0.253 e. The van der Waals surface area contributed by atoms with Crippen LogP contribution >= 0.6 is 0 Å². The highest BCUT2D eigenvalue weighted by molar-refractivity contribution is 7.92. The molecule has 1 saturated heterocycles. The summed E-state index contributed by atoms with van der Waals surface area (Å²) in [6.07, 6.45) is 2.80. The van der Waals surface area contributed by atoms with Gasteiger partial charge in [0, 0.05) is 32.8 Å². The predicted octanol–water partition coefficient (Wildman–Crippen LogP) is 1.70. The molecule has 35 heavy (non-hydrogen) atoms. The van der Waals surface area contributed by atoms with Gasteiger partial charge in [-0.2, -0.15) is 0 Å². The Morgan fingerprint density at radius 3 is 2.34 bits per heavy atom. The number of carbonyl (C=O) groups is 3. The minimum Gasteiger partial charge on any atom is -0.376 e. The zero-order valence-corrected chi connectivity index (χ0v) is 20.8. The van der Waals surface area contributed by atoms with Crippen LogP contribution in [0.2, 0.25) is 0 Å². The second-order valence-corrected chi connectivity index (χ2v) is 10.4. The third-order valence-electron chi connectivity index (χ3n) is 5.46. The lowest BCUT2D eigenvalue weighted by Crippen LogP contribution is -2.38. The van der Waals surface area contributed by atoms with Crippen LogP contribution in [-0.2, 0) is 19.6 Å². The van der Waals surface area contributed by atoms with Gasteiger partial charge >= 0.3 is 0 Å². The molecule has 1 fully saturated rings. The van der Waals surface area contributed by atoms with Gasteiger partial charge in [-0.25, -0.2) is 8.42 Å². The summed E-state index contributed by atoms with van der Waals surface area (Å²) in [6, 6.07) is 12.4. The van der Waals surface area contributed by atoms with Crippen molar-refractivity contribution in [3.05, 3.63) is 59.7 Å². The molecule has 2 aromatic rings. The molecular weight excluding hydrogens is 472 g/mol. The van der Waals surface area contributed by atoms with E-state index in [4.69, 9.17) is 4.74 Å². The summed E-state index contributed by atoms with van der Waals surface area (Å²) in [6.45, 7) is 0.541. The minimum absolute atomic E-state index is 0.0246. The molecule has 0 aliphatic carbocycles. The summed E-state index contributed by atoms with van der Waals surface area (Å²) >= 11 is 0. The van der Waals surface area contributed by atoms with Crippen LogP contribution in [-0.4, -0.2) is 77.2 Å². The van der Waals surface area contributed by atoms with Crippen molar-refractivity contribution in [1.82, 2.24) is 10.2 Å². The van der Waals surface area contributed by atoms with E-state index >= 15 is 0 Å². The van der Waals surface area contributed by atoms with Gasteiger partial charge in [-0.15, -0.1) is 0 Å². The first-order chi connectivity index (χ1) is 16.6. The van der Waals surface area contributed by atoms with Crippen molar-refractivity contribution in [2.45, 2.75) is 18.9 Å². The van der Waals surface area contributed by atoms with Gasteiger partial charge in [-0.05, 0) is 49.2 Å². The summed E-state index contributed by atoms with van der Waals surface area (Å²) < 4.78 is 31.3. The molecule has 1 aliphatic rings. The first-order valence-corrected chi connectivity index (χ1v) is 13.0. The Balaban J connectivity index is 1.72. The van der Waals surface area contributed by atoms with Gasteiger partial charge < -0.3 is 20.3 Å². The molecule has 3 rings (SSSR count). The molecule has 10 nitrogen and oxygen atoms in total. The van der Waals surface area contributed by atoms with Crippen LogP contribution in [0.5, 0.6) is 0 Å². The van der Waals surface area contributed by atoms with E-state index in [1.54, 1.807) is 38.4 Å². The van der Waals surface area contributed by atoms with Crippen LogP contribution in [0.3, 0.4) is 0 Å². The van der Waals surface area contributed by atoms with Gasteiger partial charge in [0.15, 0.2) is 0 Å². The molecule has 0 radical (unpaired) electrons. The molecule has 188 valence electrons. The highest BCUT2D eigenvalue weighted by Gasteiger charge is 2.23. The van der Waals surface area contributed by atoms with E-state index < -0.39 is 22.5 Å².